The molecule has 2 aromatic rings. The van der Waals surface area contributed by atoms with Gasteiger partial charge in [-0.3, -0.25) is 13.9 Å². The van der Waals surface area contributed by atoms with Crippen molar-refractivity contribution in [2.45, 2.75) is 39.8 Å². The molecule has 37 heavy (non-hydrogen) atoms. The molecule has 2 aromatic carbocycles. The van der Waals surface area contributed by atoms with E-state index >= 15 is 0 Å². The molecule has 204 valence electrons. The monoisotopic (exact) mass is 553 g/mol. The quantitative estimate of drug-likeness (QED) is 0.405. The van der Waals surface area contributed by atoms with E-state index < -0.39 is 28.5 Å². The minimum absolute atomic E-state index is 0.0267. The van der Waals surface area contributed by atoms with Crippen LogP contribution >= 0.6 is 11.6 Å². The number of nitrogens with one attached hydrogen (secondary N) is 1. The van der Waals surface area contributed by atoms with Crippen LogP contribution in [-0.2, 0) is 26.2 Å². The van der Waals surface area contributed by atoms with Crippen LogP contribution in [-0.4, -0.2) is 64.7 Å². The molecule has 1 unspecified atom stereocenters. The molecule has 0 aliphatic rings. The second kappa shape index (κ2) is 13.5. The summed E-state index contributed by atoms with van der Waals surface area (Å²) in [6.45, 7) is 5.66. The van der Waals surface area contributed by atoms with Gasteiger partial charge in [0.15, 0.2) is 0 Å². The molecule has 0 fully saturated rings. The van der Waals surface area contributed by atoms with Gasteiger partial charge >= 0.3 is 0 Å². The maximum Gasteiger partial charge on any atom is 0.244 e. The molecule has 0 aromatic heterocycles. The van der Waals surface area contributed by atoms with Crippen LogP contribution < -0.4 is 19.1 Å². The molecule has 0 heterocycles. The van der Waals surface area contributed by atoms with E-state index in [4.69, 9.17) is 21.1 Å². The second-order valence-electron chi connectivity index (χ2n) is 8.98. The van der Waals surface area contributed by atoms with Crippen molar-refractivity contribution in [3.05, 3.63) is 53.1 Å². The Labute approximate surface area is 224 Å². The average Bonchev–Trinajstić information content (AvgIpc) is 2.85. The number of benzene rings is 2. The van der Waals surface area contributed by atoms with Gasteiger partial charge in [0, 0.05) is 24.2 Å². The summed E-state index contributed by atoms with van der Waals surface area (Å²) in [5.74, 6) is -0.0265. The third-order valence-electron chi connectivity index (χ3n) is 5.70. The molecule has 1 atom stereocenters. The lowest BCUT2D eigenvalue weighted by Crippen LogP contribution is -2.52. The molecule has 0 saturated heterocycles. The summed E-state index contributed by atoms with van der Waals surface area (Å²) < 4.78 is 37.3. The van der Waals surface area contributed by atoms with E-state index in [2.05, 4.69) is 5.32 Å². The number of carbonyl (C=O) groups excluding carboxylic acids is 2. The number of hydrogen-bond donors (Lipinski definition) is 1. The Kier molecular flexibility index (Phi) is 11.1. The first-order chi connectivity index (χ1) is 17.4. The standard InChI is InChI=1S/C26H36ClN3O6S/c1-7-22(26(32)28-15-18(2)3)29(16-19-10-8-9-11-21(19)27)25(31)17-30(37(6,33)34)23-14-20(35-4)12-13-24(23)36-5/h8-14,18,22H,7,15-17H2,1-6H3,(H,28,32). The van der Waals surface area contributed by atoms with Crippen molar-refractivity contribution < 1.29 is 27.5 Å². The summed E-state index contributed by atoms with van der Waals surface area (Å²) in [6, 6.07) is 10.9. The van der Waals surface area contributed by atoms with Crippen molar-refractivity contribution >= 4 is 39.1 Å². The van der Waals surface area contributed by atoms with Crippen LogP contribution in [0.5, 0.6) is 11.5 Å². The maximum absolute atomic E-state index is 13.8. The Bertz CT molecular complexity index is 1190. The number of halogens is 1. The van der Waals surface area contributed by atoms with Crippen molar-refractivity contribution in [2.75, 3.05) is 37.9 Å². The van der Waals surface area contributed by atoms with Crippen LogP contribution in [0.3, 0.4) is 0 Å². The molecule has 0 aliphatic carbocycles. The molecule has 1 N–H and O–H groups in total. The topological polar surface area (TPSA) is 105 Å². The van der Waals surface area contributed by atoms with Gasteiger partial charge in [0.2, 0.25) is 21.8 Å². The maximum atomic E-state index is 13.8. The van der Waals surface area contributed by atoms with E-state index in [1.54, 1.807) is 43.3 Å². The van der Waals surface area contributed by atoms with E-state index in [0.29, 0.717) is 29.3 Å². The summed E-state index contributed by atoms with van der Waals surface area (Å²) in [5.41, 5.74) is 0.783. The number of hydrogen-bond acceptors (Lipinski definition) is 6. The molecular formula is C26H36ClN3O6S. The smallest absolute Gasteiger partial charge is 0.244 e. The largest absolute Gasteiger partial charge is 0.497 e. The van der Waals surface area contributed by atoms with E-state index in [9.17, 15) is 18.0 Å². The number of methoxy groups -OCH3 is 2. The van der Waals surface area contributed by atoms with Gasteiger partial charge in [-0.25, -0.2) is 8.42 Å². The zero-order chi connectivity index (χ0) is 27.8. The number of carbonyl (C=O) groups is 2. The highest BCUT2D eigenvalue weighted by Crippen LogP contribution is 2.34. The first-order valence-corrected chi connectivity index (χ1v) is 14.2. The van der Waals surface area contributed by atoms with E-state index in [-0.39, 0.29) is 29.8 Å². The Hall–Kier alpha value is -2.98. The lowest BCUT2D eigenvalue weighted by atomic mass is 10.1. The fraction of sp³-hybridized carbons (Fsp3) is 0.462. The molecule has 2 rings (SSSR count). The van der Waals surface area contributed by atoms with Crippen molar-refractivity contribution in [2.24, 2.45) is 5.92 Å². The van der Waals surface area contributed by atoms with Crippen LogP contribution in [0.2, 0.25) is 5.02 Å². The van der Waals surface area contributed by atoms with Gasteiger partial charge in [0.1, 0.15) is 24.1 Å². The summed E-state index contributed by atoms with van der Waals surface area (Å²) >= 11 is 6.38. The normalized spacial score (nSPS) is 12.1. The fourth-order valence-corrected chi connectivity index (χ4v) is 4.78. The predicted octanol–water partition coefficient (Wildman–Crippen LogP) is 3.70. The number of anilines is 1. The van der Waals surface area contributed by atoms with Crippen LogP contribution in [0.4, 0.5) is 5.69 Å². The first kappa shape index (κ1) is 30.2. The number of sulfonamides is 1. The van der Waals surface area contributed by atoms with Crippen molar-refractivity contribution in [1.82, 2.24) is 10.2 Å². The summed E-state index contributed by atoms with van der Waals surface area (Å²) in [7, 11) is -1.08. The summed E-state index contributed by atoms with van der Waals surface area (Å²) in [4.78, 5) is 28.3. The predicted molar refractivity (Wildman–Crippen MR) is 146 cm³/mol. The first-order valence-electron chi connectivity index (χ1n) is 11.9. The van der Waals surface area contributed by atoms with Gasteiger partial charge in [-0.15, -0.1) is 0 Å². The van der Waals surface area contributed by atoms with Gasteiger partial charge in [-0.1, -0.05) is 50.6 Å². The van der Waals surface area contributed by atoms with Gasteiger partial charge in [-0.2, -0.15) is 0 Å². The molecule has 0 saturated carbocycles. The van der Waals surface area contributed by atoms with E-state index in [1.807, 2.05) is 13.8 Å². The van der Waals surface area contributed by atoms with Gasteiger partial charge in [0.05, 0.1) is 26.2 Å². The number of ether oxygens (including phenoxy) is 2. The van der Waals surface area contributed by atoms with Crippen molar-refractivity contribution in [3.8, 4) is 11.5 Å². The SMILES string of the molecule is CCC(C(=O)NCC(C)C)N(Cc1ccccc1Cl)C(=O)CN(c1cc(OC)ccc1OC)S(C)(=O)=O. The molecule has 11 heteroatoms. The molecule has 0 bridgehead atoms. The van der Waals surface area contributed by atoms with Crippen LogP contribution in [0.1, 0.15) is 32.8 Å². The number of amides is 2. The Morgan fingerprint density at radius 1 is 1.08 bits per heavy atom. The van der Waals surface area contributed by atoms with E-state index in [1.165, 1.54) is 25.2 Å². The van der Waals surface area contributed by atoms with Crippen LogP contribution in [0.15, 0.2) is 42.5 Å². The fourth-order valence-electron chi connectivity index (χ4n) is 3.74. The summed E-state index contributed by atoms with van der Waals surface area (Å²) in [5, 5.41) is 3.32. The van der Waals surface area contributed by atoms with Gasteiger partial charge < -0.3 is 19.7 Å². The summed E-state index contributed by atoms with van der Waals surface area (Å²) in [6.07, 6.45) is 1.33. The molecule has 0 radical (unpaired) electrons. The highest BCUT2D eigenvalue weighted by Gasteiger charge is 2.33. The molecule has 2 amide bonds. The average molecular weight is 554 g/mol. The molecular weight excluding hydrogens is 518 g/mol. The lowest BCUT2D eigenvalue weighted by Gasteiger charge is -2.33. The Morgan fingerprint density at radius 2 is 1.76 bits per heavy atom. The molecule has 0 spiro atoms. The van der Waals surface area contributed by atoms with Crippen LogP contribution in [0.25, 0.3) is 0 Å². The zero-order valence-corrected chi connectivity index (χ0v) is 23.7. The highest BCUT2D eigenvalue weighted by molar-refractivity contribution is 7.92. The third-order valence-corrected chi connectivity index (χ3v) is 7.20. The van der Waals surface area contributed by atoms with Crippen LogP contribution in [0, 0.1) is 5.92 Å². The molecule has 9 nitrogen and oxygen atoms in total. The van der Waals surface area contributed by atoms with Gasteiger partial charge in [0.25, 0.3) is 0 Å². The zero-order valence-electron chi connectivity index (χ0n) is 22.2. The van der Waals surface area contributed by atoms with Gasteiger partial charge in [-0.05, 0) is 36.1 Å². The van der Waals surface area contributed by atoms with Crippen molar-refractivity contribution in [3.63, 3.8) is 0 Å². The number of rotatable bonds is 13. The van der Waals surface area contributed by atoms with E-state index in [0.717, 1.165) is 10.6 Å². The minimum Gasteiger partial charge on any atom is -0.497 e. The minimum atomic E-state index is -3.94. The Morgan fingerprint density at radius 3 is 2.30 bits per heavy atom. The Balaban J connectivity index is 2.53. The highest BCUT2D eigenvalue weighted by atomic mass is 35.5. The van der Waals surface area contributed by atoms with Crippen molar-refractivity contribution in [1.29, 1.82) is 0 Å². The number of nitrogens with zero attached hydrogens (tertiary/aromatic N) is 2. The third kappa shape index (κ3) is 8.26. The second-order valence-corrected chi connectivity index (χ2v) is 11.3. The lowest BCUT2D eigenvalue weighted by molar-refractivity contribution is -0.140. The molecule has 0 aliphatic heterocycles.